The lowest BCUT2D eigenvalue weighted by atomic mass is 10.0. The van der Waals surface area contributed by atoms with Crippen LogP contribution in [0.1, 0.15) is 17.0 Å². The van der Waals surface area contributed by atoms with Crippen LogP contribution in [-0.4, -0.2) is 37.7 Å². The van der Waals surface area contributed by atoms with Gasteiger partial charge in [-0.1, -0.05) is 0 Å². The monoisotopic (exact) mass is 309 g/mol. The Bertz CT molecular complexity index is 793. The van der Waals surface area contributed by atoms with Crippen molar-refractivity contribution in [3.8, 4) is 11.3 Å². The van der Waals surface area contributed by atoms with Crippen molar-refractivity contribution in [1.82, 2.24) is 24.6 Å². The molecule has 0 unspecified atom stereocenters. The van der Waals surface area contributed by atoms with E-state index in [4.69, 9.17) is 4.42 Å². The Kier molecular flexibility index (Phi) is 3.67. The molecule has 0 amide bonds. The van der Waals surface area contributed by atoms with Crippen LogP contribution in [0, 0.1) is 0 Å². The molecule has 0 fully saturated rings. The maximum Gasteiger partial charge on any atom is 0.117 e. The molecule has 0 spiro atoms. The van der Waals surface area contributed by atoms with E-state index in [0.717, 1.165) is 55.2 Å². The molecule has 23 heavy (non-hydrogen) atoms. The Hall–Kier alpha value is -2.47. The summed E-state index contributed by atoms with van der Waals surface area (Å²) in [7, 11) is 1.93. The first kappa shape index (κ1) is 14.1. The largest absolute Gasteiger partial charge is 0.468 e. The van der Waals surface area contributed by atoms with Gasteiger partial charge < -0.3 is 4.42 Å². The summed E-state index contributed by atoms with van der Waals surface area (Å²) in [6, 6.07) is 3.97. The summed E-state index contributed by atoms with van der Waals surface area (Å²) in [4.78, 5) is 11.4. The highest BCUT2D eigenvalue weighted by atomic mass is 16.3. The molecule has 3 aromatic rings. The molecule has 118 valence electrons. The zero-order chi connectivity index (χ0) is 15.6. The summed E-state index contributed by atoms with van der Waals surface area (Å²) in [5, 5.41) is 4.26. The molecule has 0 saturated heterocycles. The Labute approximate surface area is 134 Å². The van der Waals surface area contributed by atoms with E-state index in [1.165, 1.54) is 5.56 Å². The highest BCUT2D eigenvalue weighted by molar-refractivity contribution is 5.62. The number of aryl methyl sites for hydroxylation is 1. The highest BCUT2D eigenvalue weighted by Crippen LogP contribution is 2.25. The van der Waals surface area contributed by atoms with Gasteiger partial charge in [0.1, 0.15) is 12.1 Å². The second kappa shape index (κ2) is 5.96. The van der Waals surface area contributed by atoms with Gasteiger partial charge in [0.25, 0.3) is 0 Å². The third-order valence-electron chi connectivity index (χ3n) is 4.32. The molecule has 4 heterocycles. The van der Waals surface area contributed by atoms with Crippen LogP contribution < -0.4 is 0 Å². The molecular formula is C17H19N5O. The van der Waals surface area contributed by atoms with Gasteiger partial charge in [-0.05, 0) is 18.6 Å². The van der Waals surface area contributed by atoms with Gasteiger partial charge in [-0.2, -0.15) is 5.10 Å². The lowest BCUT2D eigenvalue weighted by molar-refractivity contribution is 0.255. The Morgan fingerprint density at radius 3 is 2.91 bits per heavy atom. The van der Waals surface area contributed by atoms with Gasteiger partial charge in [-0.3, -0.25) is 9.58 Å². The molecule has 1 aliphatic rings. The van der Waals surface area contributed by atoms with Crippen molar-refractivity contribution in [2.75, 3.05) is 13.1 Å². The number of fused-ring (bicyclic) bond motifs is 1. The van der Waals surface area contributed by atoms with E-state index >= 15 is 0 Å². The minimum Gasteiger partial charge on any atom is -0.468 e. The minimum absolute atomic E-state index is 0.844. The van der Waals surface area contributed by atoms with Crippen LogP contribution in [0.25, 0.3) is 11.3 Å². The second-order valence-electron chi connectivity index (χ2n) is 5.91. The number of aromatic nitrogens is 4. The van der Waals surface area contributed by atoms with Crippen molar-refractivity contribution in [3.63, 3.8) is 0 Å². The number of hydrogen-bond acceptors (Lipinski definition) is 5. The number of nitrogens with zero attached hydrogens (tertiary/aromatic N) is 5. The zero-order valence-electron chi connectivity index (χ0n) is 13.1. The lowest BCUT2D eigenvalue weighted by Gasteiger charge is -2.17. The van der Waals surface area contributed by atoms with Crippen LogP contribution in [0.15, 0.2) is 41.5 Å². The van der Waals surface area contributed by atoms with E-state index in [0.29, 0.717) is 0 Å². The topological polar surface area (TPSA) is 60.0 Å². The average molecular weight is 309 g/mol. The molecule has 0 N–H and O–H groups in total. The first-order valence-corrected chi connectivity index (χ1v) is 7.86. The van der Waals surface area contributed by atoms with Gasteiger partial charge in [0.2, 0.25) is 0 Å². The van der Waals surface area contributed by atoms with E-state index in [1.54, 1.807) is 12.6 Å². The smallest absolute Gasteiger partial charge is 0.117 e. The standard InChI is InChI=1S/C17H19N5O/c1-21-10-13(9-20-21)17-15-4-6-22(11-14-3-2-8-23-14)7-5-16(15)18-12-19-17/h2-3,8-10,12H,4-7,11H2,1H3. The first-order chi connectivity index (χ1) is 11.3. The summed E-state index contributed by atoms with van der Waals surface area (Å²) < 4.78 is 7.28. The van der Waals surface area contributed by atoms with Crippen molar-refractivity contribution in [2.45, 2.75) is 19.4 Å². The second-order valence-corrected chi connectivity index (χ2v) is 5.91. The van der Waals surface area contributed by atoms with Gasteiger partial charge in [0.15, 0.2) is 0 Å². The van der Waals surface area contributed by atoms with Crippen molar-refractivity contribution >= 4 is 0 Å². The highest BCUT2D eigenvalue weighted by Gasteiger charge is 2.20. The van der Waals surface area contributed by atoms with Crippen LogP contribution in [0.3, 0.4) is 0 Å². The van der Waals surface area contributed by atoms with E-state index in [1.807, 2.05) is 36.3 Å². The maximum absolute atomic E-state index is 5.47. The maximum atomic E-state index is 5.47. The molecule has 6 nitrogen and oxygen atoms in total. The number of furan rings is 1. The fourth-order valence-corrected chi connectivity index (χ4v) is 3.15. The third-order valence-corrected chi connectivity index (χ3v) is 4.32. The minimum atomic E-state index is 0.844. The molecule has 0 aromatic carbocycles. The quantitative estimate of drug-likeness (QED) is 0.741. The fraction of sp³-hybridized carbons (Fsp3) is 0.353. The van der Waals surface area contributed by atoms with E-state index in [-0.39, 0.29) is 0 Å². The van der Waals surface area contributed by atoms with Crippen LogP contribution in [0.2, 0.25) is 0 Å². The average Bonchev–Trinajstić information content (AvgIpc) is 3.17. The van der Waals surface area contributed by atoms with Crippen molar-refractivity contribution in [2.24, 2.45) is 7.05 Å². The summed E-state index contributed by atoms with van der Waals surface area (Å²) in [5.41, 5.74) is 4.48. The summed E-state index contributed by atoms with van der Waals surface area (Å²) >= 11 is 0. The van der Waals surface area contributed by atoms with Gasteiger partial charge in [0, 0.05) is 49.6 Å². The van der Waals surface area contributed by atoms with E-state index in [9.17, 15) is 0 Å². The molecule has 3 aromatic heterocycles. The molecule has 0 bridgehead atoms. The van der Waals surface area contributed by atoms with Crippen molar-refractivity contribution < 1.29 is 4.42 Å². The van der Waals surface area contributed by atoms with E-state index < -0.39 is 0 Å². The van der Waals surface area contributed by atoms with Crippen LogP contribution >= 0.6 is 0 Å². The number of hydrogen-bond donors (Lipinski definition) is 0. The summed E-state index contributed by atoms with van der Waals surface area (Å²) in [6.45, 7) is 2.81. The first-order valence-electron chi connectivity index (χ1n) is 7.86. The predicted molar refractivity (Wildman–Crippen MR) is 85.6 cm³/mol. The van der Waals surface area contributed by atoms with Gasteiger partial charge in [-0.15, -0.1) is 0 Å². The molecule has 0 aliphatic carbocycles. The van der Waals surface area contributed by atoms with Crippen LogP contribution in [0.4, 0.5) is 0 Å². The normalized spacial score (nSPS) is 15.3. The molecular weight excluding hydrogens is 290 g/mol. The Morgan fingerprint density at radius 2 is 2.13 bits per heavy atom. The predicted octanol–water partition coefficient (Wildman–Crippen LogP) is 2.07. The van der Waals surface area contributed by atoms with Gasteiger partial charge in [0.05, 0.1) is 24.7 Å². The molecule has 0 atom stereocenters. The zero-order valence-corrected chi connectivity index (χ0v) is 13.1. The Morgan fingerprint density at radius 1 is 1.22 bits per heavy atom. The van der Waals surface area contributed by atoms with E-state index in [2.05, 4.69) is 20.0 Å². The van der Waals surface area contributed by atoms with Gasteiger partial charge >= 0.3 is 0 Å². The third kappa shape index (κ3) is 2.90. The molecule has 1 aliphatic heterocycles. The SMILES string of the molecule is Cn1cc(-c2ncnc3c2CCN(Cc2ccco2)CC3)cn1. The van der Waals surface area contributed by atoms with Crippen LogP contribution in [-0.2, 0) is 26.4 Å². The summed E-state index contributed by atoms with van der Waals surface area (Å²) in [5.74, 6) is 1.01. The molecule has 6 heteroatoms. The molecule has 4 rings (SSSR count). The molecule has 0 saturated carbocycles. The number of rotatable bonds is 3. The lowest BCUT2D eigenvalue weighted by Crippen LogP contribution is -2.25. The fourth-order valence-electron chi connectivity index (χ4n) is 3.15. The van der Waals surface area contributed by atoms with Crippen molar-refractivity contribution in [3.05, 3.63) is 54.1 Å². The van der Waals surface area contributed by atoms with Crippen LogP contribution in [0.5, 0.6) is 0 Å². The molecule has 0 radical (unpaired) electrons. The van der Waals surface area contributed by atoms with Crippen molar-refractivity contribution in [1.29, 1.82) is 0 Å². The Balaban J connectivity index is 1.59. The van der Waals surface area contributed by atoms with Gasteiger partial charge in [-0.25, -0.2) is 9.97 Å². The summed E-state index contributed by atoms with van der Waals surface area (Å²) in [6.07, 6.45) is 9.16.